The highest BCUT2D eigenvalue weighted by molar-refractivity contribution is 5.80. The Kier molecular flexibility index (Phi) is 8.66. The maximum atomic E-state index is 14.1. The first-order valence-electron chi connectivity index (χ1n) is 11.4. The van der Waals surface area contributed by atoms with Crippen LogP contribution in [0.4, 0.5) is 4.39 Å². The van der Waals surface area contributed by atoms with Gasteiger partial charge in [-0.05, 0) is 51.6 Å². The molecule has 8 heteroatoms. The summed E-state index contributed by atoms with van der Waals surface area (Å²) in [6, 6.07) is 5.25. The second-order valence-electron chi connectivity index (χ2n) is 8.68. The van der Waals surface area contributed by atoms with Crippen LogP contribution >= 0.6 is 0 Å². The van der Waals surface area contributed by atoms with Crippen molar-refractivity contribution in [2.24, 2.45) is 4.99 Å². The van der Waals surface area contributed by atoms with Gasteiger partial charge in [0.25, 0.3) is 0 Å². The van der Waals surface area contributed by atoms with Crippen molar-refractivity contribution in [1.29, 1.82) is 0 Å². The lowest BCUT2D eigenvalue weighted by Gasteiger charge is -2.36. The molecule has 0 atom stereocenters. The molecule has 2 saturated heterocycles. The molecule has 0 saturated carbocycles. The van der Waals surface area contributed by atoms with Crippen molar-refractivity contribution in [2.45, 2.75) is 32.9 Å². The summed E-state index contributed by atoms with van der Waals surface area (Å²) in [4.78, 5) is 25.7. The summed E-state index contributed by atoms with van der Waals surface area (Å²) >= 11 is 0. The lowest BCUT2D eigenvalue weighted by atomic mass is 10.1. The monoisotopic (exact) mass is 432 g/mol. The number of nitrogens with one attached hydrogen (secondary N) is 1. The molecule has 7 nitrogen and oxygen atoms in total. The van der Waals surface area contributed by atoms with E-state index in [1.807, 2.05) is 36.0 Å². The minimum absolute atomic E-state index is 0.173. The molecule has 0 bridgehead atoms. The van der Waals surface area contributed by atoms with E-state index in [-0.39, 0.29) is 11.7 Å². The van der Waals surface area contributed by atoms with E-state index in [0.29, 0.717) is 25.2 Å². The van der Waals surface area contributed by atoms with E-state index in [0.717, 1.165) is 70.2 Å². The number of piperazine rings is 1. The van der Waals surface area contributed by atoms with Crippen LogP contribution in [0.25, 0.3) is 0 Å². The molecule has 3 rings (SSSR count). The highest BCUT2D eigenvalue weighted by atomic mass is 19.1. The van der Waals surface area contributed by atoms with Gasteiger partial charge < -0.3 is 20.0 Å². The molecule has 0 spiro atoms. The van der Waals surface area contributed by atoms with E-state index in [9.17, 15) is 9.18 Å². The molecule has 1 amide bonds. The molecule has 2 aliphatic heterocycles. The average molecular weight is 433 g/mol. The molecular formula is C23H37FN6O. The molecule has 0 aliphatic carbocycles. The van der Waals surface area contributed by atoms with Gasteiger partial charge in [0.15, 0.2) is 5.96 Å². The Morgan fingerprint density at radius 1 is 1.10 bits per heavy atom. The van der Waals surface area contributed by atoms with Gasteiger partial charge in [-0.3, -0.25) is 9.69 Å². The van der Waals surface area contributed by atoms with Crippen LogP contribution in [-0.2, 0) is 17.9 Å². The standard InChI is InChI=1S/C23H37FN6O/c1-4-25-23(26-16-19-7-8-21(24)20(15-19)17-27(2)3)30-13-11-28(12-14-30)18-22(31)29-9-5-6-10-29/h7-8,15H,4-6,9-14,16-18H2,1-3H3,(H,25,26). The van der Waals surface area contributed by atoms with Crippen LogP contribution in [0.5, 0.6) is 0 Å². The minimum atomic E-state index is -0.173. The number of nitrogens with zero attached hydrogens (tertiary/aromatic N) is 5. The van der Waals surface area contributed by atoms with Crippen LogP contribution in [-0.4, -0.2) is 97.9 Å². The van der Waals surface area contributed by atoms with Crippen LogP contribution in [0, 0.1) is 5.82 Å². The summed E-state index contributed by atoms with van der Waals surface area (Å²) < 4.78 is 14.1. The van der Waals surface area contributed by atoms with Gasteiger partial charge in [0.1, 0.15) is 5.82 Å². The van der Waals surface area contributed by atoms with Gasteiger partial charge in [0.05, 0.1) is 13.1 Å². The Morgan fingerprint density at radius 2 is 1.81 bits per heavy atom. The summed E-state index contributed by atoms with van der Waals surface area (Å²) in [5.41, 5.74) is 1.70. The van der Waals surface area contributed by atoms with Crippen LogP contribution in [0.2, 0.25) is 0 Å². The van der Waals surface area contributed by atoms with Gasteiger partial charge in [-0.15, -0.1) is 0 Å². The van der Waals surface area contributed by atoms with Gasteiger partial charge in [-0.1, -0.05) is 6.07 Å². The Balaban J connectivity index is 1.56. The highest BCUT2D eigenvalue weighted by Crippen LogP contribution is 2.14. The number of hydrogen-bond donors (Lipinski definition) is 1. The number of guanidine groups is 1. The number of halogens is 1. The third-order valence-corrected chi connectivity index (χ3v) is 5.83. The predicted octanol–water partition coefficient (Wildman–Crippen LogP) is 1.59. The number of rotatable bonds is 7. The lowest BCUT2D eigenvalue weighted by molar-refractivity contribution is -0.131. The molecule has 2 aliphatic rings. The van der Waals surface area contributed by atoms with Crippen LogP contribution in [0.15, 0.2) is 23.2 Å². The molecule has 0 radical (unpaired) electrons. The molecule has 1 aromatic rings. The number of benzene rings is 1. The van der Waals surface area contributed by atoms with Crippen molar-refractivity contribution in [3.8, 4) is 0 Å². The van der Waals surface area contributed by atoms with Crippen LogP contribution in [0.1, 0.15) is 30.9 Å². The minimum Gasteiger partial charge on any atom is -0.357 e. The SMILES string of the molecule is CCNC(=NCc1ccc(F)c(CN(C)C)c1)N1CCN(CC(=O)N2CCCC2)CC1. The van der Waals surface area contributed by atoms with E-state index in [1.165, 1.54) is 6.07 Å². The number of carbonyl (C=O) groups is 1. The fourth-order valence-corrected chi connectivity index (χ4v) is 4.16. The Morgan fingerprint density at radius 3 is 2.45 bits per heavy atom. The maximum Gasteiger partial charge on any atom is 0.236 e. The first-order chi connectivity index (χ1) is 15.0. The van der Waals surface area contributed by atoms with Crippen molar-refractivity contribution in [3.05, 3.63) is 35.1 Å². The number of aliphatic imine (C=N–C) groups is 1. The molecule has 0 aromatic heterocycles. The Hall–Kier alpha value is -2.19. The zero-order valence-corrected chi connectivity index (χ0v) is 19.2. The summed E-state index contributed by atoms with van der Waals surface area (Å²) in [6.07, 6.45) is 2.26. The second kappa shape index (κ2) is 11.4. The smallest absolute Gasteiger partial charge is 0.236 e. The highest BCUT2D eigenvalue weighted by Gasteiger charge is 2.24. The molecule has 1 N–H and O–H groups in total. The third kappa shape index (κ3) is 6.90. The molecule has 172 valence electrons. The predicted molar refractivity (Wildman–Crippen MR) is 122 cm³/mol. The topological polar surface area (TPSA) is 54.4 Å². The number of hydrogen-bond acceptors (Lipinski definition) is 4. The molecule has 1 aromatic carbocycles. The lowest BCUT2D eigenvalue weighted by Crippen LogP contribution is -2.54. The molecule has 2 heterocycles. The Bertz CT molecular complexity index is 754. The van der Waals surface area contributed by atoms with Crippen molar-refractivity contribution >= 4 is 11.9 Å². The molecule has 2 fully saturated rings. The van der Waals surface area contributed by atoms with Crippen LogP contribution < -0.4 is 5.32 Å². The fraction of sp³-hybridized carbons (Fsp3) is 0.652. The van der Waals surface area contributed by atoms with Crippen molar-refractivity contribution in [1.82, 2.24) is 24.9 Å². The molecule has 31 heavy (non-hydrogen) atoms. The number of likely N-dealkylation sites (tertiary alicyclic amines) is 1. The van der Waals surface area contributed by atoms with Crippen molar-refractivity contribution in [3.63, 3.8) is 0 Å². The number of carbonyl (C=O) groups excluding carboxylic acids is 1. The van der Waals surface area contributed by atoms with Crippen LogP contribution in [0.3, 0.4) is 0 Å². The first-order valence-corrected chi connectivity index (χ1v) is 11.4. The van der Waals surface area contributed by atoms with Gasteiger partial charge in [0.2, 0.25) is 5.91 Å². The van der Waals surface area contributed by atoms with Crippen molar-refractivity contribution < 1.29 is 9.18 Å². The van der Waals surface area contributed by atoms with E-state index in [2.05, 4.69) is 22.0 Å². The quantitative estimate of drug-likeness (QED) is 0.524. The normalized spacial score (nSPS) is 18.2. The zero-order chi connectivity index (χ0) is 22.2. The number of amides is 1. The third-order valence-electron chi connectivity index (χ3n) is 5.83. The summed E-state index contributed by atoms with van der Waals surface area (Å²) in [7, 11) is 3.87. The van der Waals surface area contributed by atoms with Gasteiger partial charge in [-0.2, -0.15) is 0 Å². The summed E-state index contributed by atoms with van der Waals surface area (Å²) in [6.45, 7) is 9.68. The summed E-state index contributed by atoms with van der Waals surface area (Å²) in [5.74, 6) is 0.968. The summed E-state index contributed by atoms with van der Waals surface area (Å²) in [5, 5.41) is 3.38. The largest absolute Gasteiger partial charge is 0.357 e. The average Bonchev–Trinajstić information content (AvgIpc) is 3.29. The molecule has 0 unspecified atom stereocenters. The zero-order valence-electron chi connectivity index (χ0n) is 19.2. The van der Waals surface area contributed by atoms with E-state index in [1.54, 1.807) is 0 Å². The van der Waals surface area contributed by atoms with Gasteiger partial charge >= 0.3 is 0 Å². The van der Waals surface area contributed by atoms with Crippen molar-refractivity contribution in [2.75, 3.05) is 66.5 Å². The fourth-order valence-electron chi connectivity index (χ4n) is 4.16. The Labute approximate surface area is 185 Å². The van der Waals surface area contributed by atoms with Gasteiger partial charge in [-0.25, -0.2) is 9.38 Å². The first kappa shape index (κ1) is 23.5. The van der Waals surface area contributed by atoms with E-state index >= 15 is 0 Å². The van der Waals surface area contributed by atoms with E-state index in [4.69, 9.17) is 4.99 Å². The van der Waals surface area contributed by atoms with E-state index < -0.39 is 0 Å². The molecular weight excluding hydrogens is 395 g/mol. The maximum absolute atomic E-state index is 14.1. The second-order valence-corrected chi connectivity index (χ2v) is 8.68. The van der Waals surface area contributed by atoms with Gasteiger partial charge in [0, 0.05) is 57.9 Å².